The maximum absolute atomic E-state index is 12.9. The highest BCUT2D eigenvalue weighted by molar-refractivity contribution is 6.04. The van der Waals surface area contributed by atoms with E-state index in [1.807, 2.05) is 18.7 Å². The van der Waals surface area contributed by atoms with Crippen LogP contribution in [0.2, 0.25) is 0 Å². The molecule has 2 aliphatic rings. The second kappa shape index (κ2) is 7.91. The molecular weight excluding hydrogens is 422 g/mol. The van der Waals surface area contributed by atoms with Crippen LogP contribution < -0.4 is 14.8 Å². The Hall–Kier alpha value is -3.88. The number of carbonyl (C=O) groups is 2. The normalized spacial score (nSPS) is 15.9. The van der Waals surface area contributed by atoms with E-state index in [0.29, 0.717) is 40.6 Å². The van der Waals surface area contributed by atoms with Crippen LogP contribution in [0.5, 0.6) is 17.2 Å². The Labute approximate surface area is 191 Å². The molecule has 1 aromatic heterocycles. The van der Waals surface area contributed by atoms with Gasteiger partial charge in [-0.25, -0.2) is 0 Å². The van der Waals surface area contributed by atoms with Gasteiger partial charge in [0.25, 0.3) is 11.8 Å². The summed E-state index contributed by atoms with van der Waals surface area (Å²) in [6.45, 7) is 5.60. The number of carbonyl (C=O) groups excluding carboxylic acids is 2. The van der Waals surface area contributed by atoms with Crippen molar-refractivity contribution in [2.45, 2.75) is 32.3 Å². The first-order valence-corrected chi connectivity index (χ1v) is 10.9. The number of nitrogens with one attached hydrogen (secondary N) is 1. The number of ether oxygens (including phenoxy) is 2. The highest BCUT2D eigenvalue weighted by Crippen LogP contribution is 2.43. The number of anilines is 1. The van der Waals surface area contributed by atoms with Crippen molar-refractivity contribution < 1.29 is 19.1 Å². The minimum atomic E-state index is -0.409. The van der Waals surface area contributed by atoms with Crippen LogP contribution in [0.1, 0.15) is 46.5 Å². The number of aromatic nitrogens is 3. The molecule has 1 saturated heterocycles. The zero-order valence-corrected chi connectivity index (χ0v) is 18.8. The van der Waals surface area contributed by atoms with Gasteiger partial charge in [-0.3, -0.25) is 9.59 Å². The number of hydrogen-bond donors (Lipinski definition) is 1. The molecule has 170 valence electrons. The van der Waals surface area contributed by atoms with Crippen LogP contribution in [0.4, 0.5) is 5.82 Å². The molecule has 1 N–H and O–H groups in total. The highest BCUT2D eigenvalue weighted by atomic mass is 16.5. The molecule has 3 heterocycles. The van der Waals surface area contributed by atoms with E-state index in [2.05, 4.69) is 15.5 Å². The SMILES string of the molecule is Cn1ncc(NC(=O)c2cc(Oc3ccc(C(=O)N4CCC4)cc3)c3c(c2)OC(C)(C)C3)n1. The van der Waals surface area contributed by atoms with Gasteiger partial charge in [0, 0.05) is 43.2 Å². The van der Waals surface area contributed by atoms with Crippen LogP contribution in [0, 0.1) is 0 Å². The molecular formula is C24H25N5O4. The average molecular weight is 447 g/mol. The summed E-state index contributed by atoms with van der Waals surface area (Å²) < 4.78 is 12.2. The van der Waals surface area contributed by atoms with Crippen LogP contribution in [0.25, 0.3) is 0 Å². The molecule has 9 nitrogen and oxygen atoms in total. The van der Waals surface area contributed by atoms with Crippen molar-refractivity contribution >= 4 is 17.6 Å². The lowest BCUT2D eigenvalue weighted by Crippen LogP contribution is -2.41. The third-order valence-electron chi connectivity index (χ3n) is 5.73. The van der Waals surface area contributed by atoms with E-state index in [-0.39, 0.29) is 11.8 Å². The number of rotatable bonds is 5. The van der Waals surface area contributed by atoms with Crippen molar-refractivity contribution in [1.82, 2.24) is 19.9 Å². The molecule has 3 aromatic rings. The lowest BCUT2D eigenvalue weighted by Gasteiger charge is -2.30. The van der Waals surface area contributed by atoms with Gasteiger partial charge in [0.15, 0.2) is 5.82 Å². The molecule has 9 heteroatoms. The van der Waals surface area contributed by atoms with Gasteiger partial charge >= 0.3 is 0 Å². The minimum absolute atomic E-state index is 0.0338. The Bertz CT molecular complexity index is 1230. The van der Waals surface area contributed by atoms with E-state index in [4.69, 9.17) is 9.47 Å². The van der Waals surface area contributed by atoms with Crippen LogP contribution in [-0.2, 0) is 13.5 Å². The van der Waals surface area contributed by atoms with Gasteiger partial charge in [-0.05, 0) is 56.7 Å². The number of aryl methyl sites for hydroxylation is 1. The molecule has 2 amide bonds. The van der Waals surface area contributed by atoms with Gasteiger partial charge in [-0.2, -0.15) is 9.90 Å². The quantitative estimate of drug-likeness (QED) is 0.644. The number of hydrogen-bond acceptors (Lipinski definition) is 6. The summed E-state index contributed by atoms with van der Waals surface area (Å²) in [5, 5.41) is 10.8. The third-order valence-corrected chi connectivity index (χ3v) is 5.73. The summed E-state index contributed by atoms with van der Waals surface area (Å²) in [7, 11) is 1.68. The van der Waals surface area contributed by atoms with Crippen LogP contribution in [-0.4, -0.2) is 50.4 Å². The van der Waals surface area contributed by atoms with Gasteiger partial charge in [0.05, 0.1) is 6.20 Å². The highest BCUT2D eigenvalue weighted by Gasteiger charge is 2.34. The topological polar surface area (TPSA) is 98.6 Å². The second-order valence-corrected chi connectivity index (χ2v) is 8.94. The van der Waals surface area contributed by atoms with Gasteiger partial charge in [0.2, 0.25) is 0 Å². The van der Waals surface area contributed by atoms with Crippen molar-refractivity contribution in [1.29, 1.82) is 0 Å². The number of fused-ring (bicyclic) bond motifs is 1. The van der Waals surface area contributed by atoms with E-state index in [1.165, 1.54) is 11.0 Å². The molecule has 5 rings (SSSR count). The Morgan fingerprint density at radius 2 is 1.88 bits per heavy atom. The Morgan fingerprint density at radius 1 is 1.12 bits per heavy atom. The van der Waals surface area contributed by atoms with Crippen molar-refractivity contribution in [3.63, 3.8) is 0 Å². The minimum Gasteiger partial charge on any atom is -0.487 e. The zero-order valence-electron chi connectivity index (χ0n) is 18.8. The summed E-state index contributed by atoms with van der Waals surface area (Å²) in [6, 6.07) is 10.5. The van der Waals surface area contributed by atoms with Crippen molar-refractivity contribution in [3.8, 4) is 17.2 Å². The van der Waals surface area contributed by atoms with E-state index < -0.39 is 5.60 Å². The fourth-order valence-corrected chi connectivity index (χ4v) is 3.95. The summed E-state index contributed by atoms with van der Waals surface area (Å²) in [4.78, 5) is 28.5. The summed E-state index contributed by atoms with van der Waals surface area (Å²) in [5.74, 6) is 1.79. The molecule has 0 unspecified atom stereocenters. The molecule has 0 atom stereocenters. The summed E-state index contributed by atoms with van der Waals surface area (Å²) in [5.41, 5.74) is 1.51. The molecule has 33 heavy (non-hydrogen) atoms. The van der Waals surface area contributed by atoms with Gasteiger partial charge in [-0.1, -0.05) is 0 Å². The van der Waals surface area contributed by atoms with Crippen molar-refractivity contribution in [2.75, 3.05) is 18.4 Å². The number of amides is 2. The molecule has 0 saturated carbocycles. The van der Waals surface area contributed by atoms with Crippen molar-refractivity contribution in [3.05, 3.63) is 59.3 Å². The Balaban J connectivity index is 1.41. The predicted molar refractivity (Wildman–Crippen MR) is 121 cm³/mol. The average Bonchev–Trinajstić information content (AvgIpc) is 3.27. The monoisotopic (exact) mass is 447 g/mol. The van der Waals surface area contributed by atoms with E-state index in [9.17, 15) is 9.59 Å². The molecule has 0 radical (unpaired) electrons. The maximum Gasteiger partial charge on any atom is 0.257 e. The first-order valence-electron chi connectivity index (χ1n) is 10.9. The lowest BCUT2D eigenvalue weighted by molar-refractivity contribution is 0.0651. The van der Waals surface area contributed by atoms with E-state index in [0.717, 1.165) is 25.1 Å². The standard InChI is InChI=1S/C24H25N5O4/c1-24(2)13-18-19(32-17-7-5-15(6-8-17)23(31)29-9-4-10-29)11-16(12-20(18)33-24)22(30)26-21-14-25-28(3)27-21/h5-8,11-12,14H,4,9-10,13H2,1-3H3,(H,26,27,30). The first kappa shape index (κ1) is 21.0. The van der Waals surface area contributed by atoms with Crippen LogP contribution in [0.15, 0.2) is 42.6 Å². The second-order valence-electron chi connectivity index (χ2n) is 8.94. The molecule has 0 bridgehead atoms. The Kier molecular flexibility index (Phi) is 5.03. The van der Waals surface area contributed by atoms with Gasteiger partial charge in [-0.15, -0.1) is 5.10 Å². The van der Waals surface area contributed by atoms with E-state index in [1.54, 1.807) is 43.4 Å². The largest absolute Gasteiger partial charge is 0.487 e. The number of benzene rings is 2. The third kappa shape index (κ3) is 4.26. The van der Waals surface area contributed by atoms with Gasteiger partial charge in [0.1, 0.15) is 22.8 Å². The molecule has 2 aromatic carbocycles. The molecule has 0 spiro atoms. The number of nitrogens with zero attached hydrogens (tertiary/aromatic N) is 4. The maximum atomic E-state index is 12.9. The molecule has 0 aliphatic carbocycles. The van der Waals surface area contributed by atoms with Gasteiger partial charge < -0.3 is 19.7 Å². The van der Waals surface area contributed by atoms with E-state index >= 15 is 0 Å². The first-order chi connectivity index (χ1) is 15.8. The van der Waals surface area contributed by atoms with Crippen molar-refractivity contribution in [2.24, 2.45) is 7.05 Å². The molecule has 1 fully saturated rings. The fraction of sp³-hybridized carbons (Fsp3) is 0.333. The summed E-state index contributed by atoms with van der Waals surface area (Å²) in [6.07, 6.45) is 3.18. The van der Waals surface area contributed by atoms with Crippen LogP contribution in [0.3, 0.4) is 0 Å². The zero-order chi connectivity index (χ0) is 23.2. The Morgan fingerprint density at radius 3 is 2.52 bits per heavy atom. The smallest absolute Gasteiger partial charge is 0.257 e. The summed E-state index contributed by atoms with van der Waals surface area (Å²) >= 11 is 0. The number of likely N-dealkylation sites (tertiary alicyclic amines) is 1. The lowest BCUT2D eigenvalue weighted by atomic mass is 9.99. The molecule has 2 aliphatic heterocycles. The predicted octanol–water partition coefficient (Wildman–Crippen LogP) is 3.42. The fourth-order valence-electron chi connectivity index (χ4n) is 3.95. The van der Waals surface area contributed by atoms with Crippen LogP contribution >= 0.6 is 0 Å².